The van der Waals surface area contributed by atoms with Crippen molar-refractivity contribution in [2.75, 3.05) is 19.6 Å². The van der Waals surface area contributed by atoms with Crippen molar-refractivity contribution in [3.05, 3.63) is 24.3 Å². The fourth-order valence-electron chi connectivity index (χ4n) is 2.65. The van der Waals surface area contributed by atoms with Gasteiger partial charge in [-0.1, -0.05) is 6.92 Å². The summed E-state index contributed by atoms with van der Waals surface area (Å²) >= 11 is 0. The van der Waals surface area contributed by atoms with Crippen molar-refractivity contribution in [2.45, 2.75) is 26.3 Å². The van der Waals surface area contributed by atoms with Gasteiger partial charge >= 0.3 is 0 Å². The number of hydrogen-bond donors (Lipinski definition) is 0. The summed E-state index contributed by atoms with van der Waals surface area (Å²) in [5, 5.41) is 0. The molecule has 0 amide bonds. The zero-order valence-corrected chi connectivity index (χ0v) is 10.4. The third-order valence-electron chi connectivity index (χ3n) is 3.69. The van der Waals surface area contributed by atoms with Gasteiger partial charge in [0.1, 0.15) is 5.52 Å². The summed E-state index contributed by atoms with van der Waals surface area (Å²) in [5.74, 6) is 0. The highest BCUT2D eigenvalue weighted by Gasteiger charge is 2.23. The summed E-state index contributed by atoms with van der Waals surface area (Å²) in [6.07, 6.45) is 5.06. The molecule has 0 radical (unpaired) electrons. The van der Waals surface area contributed by atoms with Crippen molar-refractivity contribution >= 4 is 11.0 Å². The van der Waals surface area contributed by atoms with Crippen molar-refractivity contribution in [3.63, 3.8) is 0 Å². The average molecular weight is 230 g/mol. The van der Waals surface area contributed by atoms with Crippen LogP contribution in [-0.2, 0) is 0 Å². The number of hydrogen-bond acceptors (Lipinski definition) is 3. The molecule has 1 atom stereocenters. The third kappa shape index (κ3) is 1.82. The average Bonchev–Trinajstić information content (AvgIpc) is 2.93. The molecule has 0 bridgehead atoms. The highest BCUT2D eigenvalue weighted by molar-refractivity contribution is 5.74. The minimum Gasteiger partial charge on any atom is -0.326 e. The number of nitrogens with zero attached hydrogens (tertiary/aromatic N) is 4. The lowest BCUT2D eigenvalue weighted by Crippen LogP contribution is -2.20. The first-order chi connectivity index (χ1) is 8.28. The molecule has 90 valence electrons. The number of aryl methyl sites for hydroxylation is 1. The number of imidazole rings is 1. The van der Waals surface area contributed by atoms with Crippen LogP contribution in [0.15, 0.2) is 18.6 Å². The molecule has 4 heteroatoms. The van der Waals surface area contributed by atoms with Crippen LogP contribution < -0.4 is 0 Å². The number of pyridine rings is 1. The normalized spacial score (nSPS) is 21.4. The van der Waals surface area contributed by atoms with Gasteiger partial charge in [-0.2, -0.15) is 0 Å². The summed E-state index contributed by atoms with van der Waals surface area (Å²) in [7, 11) is 0. The van der Waals surface area contributed by atoms with Crippen LogP contribution in [-0.4, -0.2) is 39.1 Å². The fourth-order valence-corrected chi connectivity index (χ4v) is 2.65. The molecule has 0 aliphatic carbocycles. The van der Waals surface area contributed by atoms with Gasteiger partial charge in [0.25, 0.3) is 0 Å². The molecule has 1 aliphatic rings. The Morgan fingerprint density at radius 1 is 1.41 bits per heavy atom. The Labute approximate surface area is 101 Å². The third-order valence-corrected chi connectivity index (χ3v) is 3.69. The molecule has 1 saturated heterocycles. The van der Waals surface area contributed by atoms with Gasteiger partial charge in [-0.15, -0.1) is 0 Å². The first-order valence-electron chi connectivity index (χ1n) is 6.29. The zero-order valence-electron chi connectivity index (χ0n) is 10.4. The van der Waals surface area contributed by atoms with E-state index in [2.05, 4.69) is 32.4 Å². The SMILES string of the molecule is CCN1CC[C@@H](n2cnc3cnc(C)cc32)C1. The highest BCUT2D eigenvalue weighted by atomic mass is 15.2. The van der Waals surface area contributed by atoms with Gasteiger partial charge in [0.05, 0.1) is 18.0 Å². The van der Waals surface area contributed by atoms with Crippen LogP contribution in [0.3, 0.4) is 0 Å². The summed E-state index contributed by atoms with van der Waals surface area (Å²) in [6.45, 7) is 7.74. The molecule has 0 N–H and O–H groups in total. The lowest BCUT2D eigenvalue weighted by molar-refractivity contribution is 0.342. The maximum atomic E-state index is 4.44. The molecule has 0 unspecified atom stereocenters. The molecule has 1 fully saturated rings. The van der Waals surface area contributed by atoms with Gasteiger partial charge in [0.2, 0.25) is 0 Å². The molecule has 2 aromatic heterocycles. The molecule has 2 aromatic rings. The number of likely N-dealkylation sites (N-methyl/N-ethyl adjacent to an activating group) is 1. The van der Waals surface area contributed by atoms with Crippen molar-refractivity contribution in [1.82, 2.24) is 19.4 Å². The van der Waals surface area contributed by atoms with E-state index < -0.39 is 0 Å². The Morgan fingerprint density at radius 2 is 2.29 bits per heavy atom. The van der Waals surface area contributed by atoms with E-state index in [1.54, 1.807) is 0 Å². The Bertz CT molecular complexity index is 531. The maximum Gasteiger partial charge on any atom is 0.107 e. The van der Waals surface area contributed by atoms with E-state index in [1.165, 1.54) is 18.5 Å². The molecule has 0 spiro atoms. The fraction of sp³-hybridized carbons (Fsp3) is 0.538. The summed E-state index contributed by atoms with van der Waals surface area (Å²) in [4.78, 5) is 11.2. The summed E-state index contributed by atoms with van der Waals surface area (Å²) < 4.78 is 2.32. The predicted octanol–water partition coefficient (Wildman–Crippen LogP) is 2.01. The largest absolute Gasteiger partial charge is 0.326 e. The second-order valence-electron chi connectivity index (χ2n) is 4.80. The molecule has 3 heterocycles. The Kier molecular flexibility index (Phi) is 2.59. The number of aromatic nitrogens is 3. The molecule has 4 nitrogen and oxygen atoms in total. The van der Waals surface area contributed by atoms with Gasteiger partial charge in [-0.3, -0.25) is 4.98 Å². The summed E-state index contributed by atoms with van der Waals surface area (Å²) in [6, 6.07) is 2.71. The molecular formula is C13H18N4. The molecule has 3 rings (SSSR count). The topological polar surface area (TPSA) is 34.0 Å². The molecule has 17 heavy (non-hydrogen) atoms. The lowest BCUT2D eigenvalue weighted by atomic mass is 10.2. The Balaban J connectivity index is 1.98. The van der Waals surface area contributed by atoms with Gasteiger partial charge < -0.3 is 9.47 Å². The van der Waals surface area contributed by atoms with Gasteiger partial charge in [-0.05, 0) is 26.0 Å². The standard InChI is InChI=1S/C13H18N4/c1-3-16-5-4-11(8-16)17-9-15-12-7-14-10(2)6-13(12)17/h6-7,9,11H,3-5,8H2,1-2H3/t11-/m1/s1. The molecular weight excluding hydrogens is 212 g/mol. The van der Waals surface area contributed by atoms with Gasteiger partial charge in [0, 0.05) is 24.8 Å². The van der Waals surface area contributed by atoms with Crippen molar-refractivity contribution < 1.29 is 0 Å². The van der Waals surface area contributed by atoms with E-state index in [-0.39, 0.29) is 0 Å². The van der Waals surface area contributed by atoms with Gasteiger partial charge in [0.15, 0.2) is 0 Å². The molecule has 0 aromatic carbocycles. The molecule has 0 saturated carbocycles. The van der Waals surface area contributed by atoms with Crippen molar-refractivity contribution in [3.8, 4) is 0 Å². The quantitative estimate of drug-likeness (QED) is 0.791. The van der Waals surface area contributed by atoms with E-state index in [4.69, 9.17) is 0 Å². The van der Waals surface area contributed by atoms with Crippen LogP contribution in [0.2, 0.25) is 0 Å². The van der Waals surface area contributed by atoms with Crippen molar-refractivity contribution in [2.24, 2.45) is 0 Å². The van der Waals surface area contributed by atoms with Crippen molar-refractivity contribution in [1.29, 1.82) is 0 Å². The van der Waals surface area contributed by atoms with E-state index in [1.807, 2.05) is 19.4 Å². The monoisotopic (exact) mass is 230 g/mol. The number of rotatable bonds is 2. The Hall–Kier alpha value is -1.42. The number of likely N-dealkylation sites (tertiary alicyclic amines) is 1. The minimum atomic E-state index is 0.571. The number of fused-ring (bicyclic) bond motifs is 1. The smallest absolute Gasteiger partial charge is 0.107 e. The van der Waals surface area contributed by atoms with Crippen LogP contribution >= 0.6 is 0 Å². The van der Waals surface area contributed by atoms with Crippen LogP contribution in [0.5, 0.6) is 0 Å². The van der Waals surface area contributed by atoms with E-state index in [9.17, 15) is 0 Å². The lowest BCUT2D eigenvalue weighted by Gasteiger charge is -2.15. The first-order valence-corrected chi connectivity index (χ1v) is 6.29. The maximum absolute atomic E-state index is 4.44. The second-order valence-corrected chi connectivity index (χ2v) is 4.80. The first kappa shape index (κ1) is 10.7. The minimum absolute atomic E-state index is 0.571. The predicted molar refractivity (Wildman–Crippen MR) is 68.0 cm³/mol. The Morgan fingerprint density at radius 3 is 3.06 bits per heavy atom. The van der Waals surface area contributed by atoms with Crippen LogP contribution in [0.1, 0.15) is 25.1 Å². The van der Waals surface area contributed by atoms with Crippen LogP contribution in [0.25, 0.3) is 11.0 Å². The zero-order chi connectivity index (χ0) is 11.8. The van der Waals surface area contributed by atoms with E-state index in [0.717, 1.165) is 24.3 Å². The van der Waals surface area contributed by atoms with E-state index in [0.29, 0.717) is 6.04 Å². The second kappa shape index (κ2) is 4.11. The molecule has 1 aliphatic heterocycles. The van der Waals surface area contributed by atoms with E-state index >= 15 is 0 Å². The summed E-state index contributed by atoms with van der Waals surface area (Å²) in [5.41, 5.74) is 3.29. The highest BCUT2D eigenvalue weighted by Crippen LogP contribution is 2.25. The van der Waals surface area contributed by atoms with Crippen LogP contribution in [0.4, 0.5) is 0 Å². The van der Waals surface area contributed by atoms with Gasteiger partial charge in [-0.25, -0.2) is 4.98 Å². The van der Waals surface area contributed by atoms with Crippen LogP contribution in [0, 0.1) is 6.92 Å².